The van der Waals surface area contributed by atoms with Crippen molar-refractivity contribution in [2.75, 3.05) is 13.2 Å². The first-order valence-electron chi connectivity index (χ1n) is 11.8. The van der Waals surface area contributed by atoms with Gasteiger partial charge in [0.1, 0.15) is 0 Å². The summed E-state index contributed by atoms with van der Waals surface area (Å²) in [5, 5.41) is 0. The first-order valence-corrected chi connectivity index (χ1v) is 11.8. The Kier molecular flexibility index (Phi) is 18.5. The van der Waals surface area contributed by atoms with Crippen molar-refractivity contribution in [2.24, 2.45) is 11.8 Å². The smallest absolute Gasteiger partial charge is 0.305 e. The number of carbonyl (C=O) groups excluding carboxylic acids is 2. The van der Waals surface area contributed by atoms with Crippen molar-refractivity contribution in [1.29, 1.82) is 0 Å². The maximum Gasteiger partial charge on any atom is 0.305 e. The zero-order valence-electron chi connectivity index (χ0n) is 19.1. The minimum Gasteiger partial charge on any atom is -0.466 e. The molecule has 0 saturated heterocycles. The minimum absolute atomic E-state index is 0.0472. The van der Waals surface area contributed by atoms with Crippen LogP contribution in [0.15, 0.2) is 0 Å². The van der Waals surface area contributed by atoms with E-state index in [0.29, 0.717) is 37.9 Å². The van der Waals surface area contributed by atoms with Crippen molar-refractivity contribution in [3.8, 4) is 0 Å². The summed E-state index contributed by atoms with van der Waals surface area (Å²) in [7, 11) is 0. The van der Waals surface area contributed by atoms with Crippen LogP contribution in [0.4, 0.5) is 0 Å². The maximum absolute atomic E-state index is 11.5. The Balaban J connectivity index is 3.49. The number of rotatable bonds is 19. The summed E-state index contributed by atoms with van der Waals surface area (Å²) in [6.07, 6.45) is 15.8. The van der Waals surface area contributed by atoms with Crippen molar-refractivity contribution in [2.45, 2.75) is 118 Å². The molecular weight excluding hydrogens is 352 g/mol. The summed E-state index contributed by atoms with van der Waals surface area (Å²) in [4.78, 5) is 22.8. The van der Waals surface area contributed by atoms with Crippen molar-refractivity contribution in [3.05, 3.63) is 0 Å². The molecule has 1 atom stereocenters. The molecule has 28 heavy (non-hydrogen) atoms. The van der Waals surface area contributed by atoms with Gasteiger partial charge in [0, 0.05) is 12.8 Å². The minimum atomic E-state index is -0.0527. The van der Waals surface area contributed by atoms with Crippen LogP contribution in [0, 0.1) is 11.8 Å². The third-order valence-corrected chi connectivity index (χ3v) is 5.48. The zero-order chi connectivity index (χ0) is 21.0. The van der Waals surface area contributed by atoms with Crippen LogP contribution in [-0.2, 0) is 19.1 Å². The largest absolute Gasteiger partial charge is 0.466 e. The van der Waals surface area contributed by atoms with Gasteiger partial charge < -0.3 is 9.47 Å². The molecule has 0 aliphatic carbocycles. The average Bonchev–Trinajstić information content (AvgIpc) is 2.65. The van der Waals surface area contributed by atoms with E-state index in [2.05, 4.69) is 13.8 Å². The number of hydrogen-bond donors (Lipinski definition) is 0. The summed E-state index contributed by atoms with van der Waals surface area (Å²) >= 11 is 0. The SMILES string of the molecule is CCOC(=O)CCCCCCCCCCCCC(CCC(=O)OCC)C(C)C. The highest BCUT2D eigenvalue weighted by Crippen LogP contribution is 2.24. The molecule has 0 aromatic carbocycles. The van der Waals surface area contributed by atoms with E-state index in [1.807, 2.05) is 13.8 Å². The highest BCUT2D eigenvalue weighted by atomic mass is 16.5. The van der Waals surface area contributed by atoms with Crippen LogP contribution in [-0.4, -0.2) is 25.2 Å². The van der Waals surface area contributed by atoms with E-state index in [-0.39, 0.29) is 11.9 Å². The Morgan fingerprint density at radius 2 is 1.04 bits per heavy atom. The molecule has 166 valence electrons. The summed E-state index contributed by atoms with van der Waals surface area (Å²) in [6, 6.07) is 0. The van der Waals surface area contributed by atoms with E-state index in [4.69, 9.17) is 9.47 Å². The van der Waals surface area contributed by atoms with E-state index >= 15 is 0 Å². The zero-order valence-corrected chi connectivity index (χ0v) is 19.1. The maximum atomic E-state index is 11.5. The fourth-order valence-corrected chi connectivity index (χ4v) is 3.67. The molecule has 0 aromatic heterocycles. The second kappa shape index (κ2) is 19.3. The molecule has 0 heterocycles. The van der Waals surface area contributed by atoms with E-state index < -0.39 is 0 Å². The predicted molar refractivity (Wildman–Crippen MR) is 116 cm³/mol. The van der Waals surface area contributed by atoms with E-state index in [1.54, 1.807) is 0 Å². The van der Waals surface area contributed by atoms with E-state index in [0.717, 1.165) is 19.3 Å². The van der Waals surface area contributed by atoms with Crippen LogP contribution in [0.1, 0.15) is 118 Å². The van der Waals surface area contributed by atoms with Crippen LogP contribution in [0.3, 0.4) is 0 Å². The quantitative estimate of drug-likeness (QED) is 0.176. The normalized spacial score (nSPS) is 12.2. The van der Waals surface area contributed by atoms with Gasteiger partial charge in [0.05, 0.1) is 13.2 Å². The Hall–Kier alpha value is -1.06. The summed E-state index contributed by atoms with van der Waals surface area (Å²) in [5.74, 6) is 1.18. The molecule has 0 amide bonds. The monoisotopic (exact) mass is 398 g/mol. The Labute approximate surface area is 174 Å². The lowest BCUT2D eigenvalue weighted by Crippen LogP contribution is -2.12. The van der Waals surface area contributed by atoms with Gasteiger partial charge in [0.25, 0.3) is 0 Å². The van der Waals surface area contributed by atoms with Crippen LogP contribution >= 0.6 is 0 Å². The van der Waals surface area contributed by atoms with Gasteiger partial charge in [-0.2, -0.15) is 0 Å². The molecular formula is C24H46O4. The standard InChI is InChI=1S/C24H46O4/c1-5-27-23(25)18-16-14-12-10-8-7-9-11-13-15-17-22(21(3)4)19-20-24(26)28-6-2/h21-22H,5-20H2,1-4H3. The number of carbonyl (C=O) groups is 2. The fraction of sp³-hybridized carbons (Fsp3) is 0.917. The third-order valence-electron chi connectivity index (χ3n) is 5.48. The lowest BCUT2D eigenvalue weighted by molar-refractivity contribution is -0.144. The highest BCUT2D eigenvalue weighted by molar-refractivity contribution is 5.69. The Morgan fingerprint density at radius 1 is 0.607 bits per heavy atom. The molecule has 0 aliphatic rings. The van der Waals surface area contributed by atoms with Gasteiger partial charge in [-0.1, -0.05) is 78.1 Å². The second-order valence-corrected chi connectivity index (χ2v) is 8.23. The molecule has 0 aromatic rings. The van der Waals surface area contributed by atoms with E-state index in [1.165, 1.54) is 57.8 Å². The van der Waals surface area contributed by atoms with Crippen molar-refractivity contribution in [3.63, 3.8) is 0 Å². The van der Waals surface area contributed by atoms with E-state index in [9.17, 15) is 9.59 Å². The first kappa shape index (κ1) is 26.9. The molecule has 0 spiro atoms. The van der Waals surface area contributed by atoms with Crippen LogP contribution in [0.2, 0.25) is 0 Å². The van der Waals surface area contributed by atoms with Gasteiger partial charge in [0.15, 0.2) is 0 Å². The summed E-state index contributed by atoms with van der Waals surface area (Å²) < 4.78 is 9.98. The summed E-state index contributed by atoms with van der Waals surface area (Å²) in [5.41, 5.74) is 0. The summed E-state index contributed by atoms with van der Waals surface area (Å²) in [6.45, 7) is 9.23. The third kappa shape index (κ3) is 17.1. The molecule has 0 bridgehead atoms. The van der Waals surface area contributed by atoms with Crippen molar-refractivity contribution in [1.82, 2.24) is 0 Å². The first-order chi connectivity index (χ1) is 13.5. The number of unbranched alkanes of at least 4 members (excludes halogenated alkanes) is 9. The van der Waals surface area contributed by atoms with Crippen LogP contribution < -0.4 is 0 Å². The van der Waals surface area contributed by atoms with Gasteiger partial charge in [-0.05, 0) is 38.5 Å². The molecule has 0 aliphatic heterocycles. The van der Waals surface area contributed by atoms with Gasteiger partial charge >= 0.3 is 11.9 Å². The molecule has 4 nitrogen and oxygen atoms in total. The fourth-order valence-electron chi connectivity index (χ4n) is 3.67. The predicted octanol–water partition coefficient (Wildman–Crippen LogP) is 6.85. The molecule has 1 unspecified atom stereocenters. The van der Waals surface area contributed by atoms with Crippen LogP contribution in [0.5, 0.6) is 0 Å². The lowest BCUT2D eigenvalue weighted by atomic mass is 9.86. The van der Waals surface area contributed by atoms with Crippen molar-refractivity contribution < 1.29 is 19.1 Å². The molecule has 0 N–H and O–H groups in total. The number of esters is 2. The Bertz CT molecular complexity index is 379. The van der Waals surface area contributed by atoms with Crippen molar-refractivity contribution >= 4 is 11.9 Å². The van der Waals surface area contributed by atoms with Gasteiger partial charge in [-0.25, -0.2) is 0 Å². The molecule has 0 radical (unpaired) electrons. The van der Waals surface area contributed by atoms with Gasteiger partial charge in [0.2, 0.25) is 0 Å². The molecule has 4 heteroatoms. The molecule has 0 saturated carbocycles. The topological polar surface area (TPSA) is 52.6 Å². The van der Waals surface area contributed by atoms with Crippen LogP contribution in [0.25, 0.3) is 0 Å². The number of hydrogen-bond acceptors (Lipinski definition) is 4. The highest BCUT2D eigenvalue weighted by Gasteiger charge is 2.15. The van der Waals surface area contributed by atoms with Gasteiger partial charge in [-0.3, -0.25) is 9.59 Å². The Morgan fingerprint density at radius 3 is 1.50 bits per heavy atom. The second-order valence-electron chi connectivity index (χ2n) is 8.23. The molecule has 0 rings (SSSR count). The average molecular weight is 399 g/mol. The molecule has 0 fully saturated rings. The lowest BCUT2D eigenvalue weighted by Gasteiger charge is -2.20. The van der Waals surface area contributed by atoms with Gasteiger partial charge in [-0.15, -0.1) is 0 Å². The number of ether oxygens (including phenoxy) is 2.